The fourth-order valence-corrected chi connectivity index (χ4v) is 5.04. The smallest absolute Gasteiger partial charge is 0.260 e. The van der Waals surface area contributed by atoms with Gasteiger partial charge in [0.05, 0.1) is 5.56 Å². The van der Waals surface area contributed by atoms with Crippen molar-refractivity contribution in [2.24, 2.45) is 0 Å². The summed E-state index contributed by atoms with van der Waals surface area (Å²) in [5.41, 5.74) is 2.86. The Labute approximate surface area is 176 Å². The summed E-state index contributed by atoms with van der Waals surface area (Å²) in [5.74, 6) is 1.97. The van der Waals surface area contributed by atoms with E-state index >= 15 is 0 Å². The van der Waals surface area contributed by atoms with Gasteiger partial charge in [-0.05, 0) is 48.2 Å². The zero-order valence-electron chi connectivity index (χ0n) is 16.9. The maximum Gasteiger partial charge on any atom is 0.260 e. The van der Waals surface area contributed by atoms with Crippen molar-refractivity contribution in [2.45, 2.75) is 37.6 Å². The van der Waals surface area contributed by atoms with Crippen molar-refractivity contribution >= 4 is 5.91 Å². The van der Waals surface area contributed by atoms with E-state index in [1.807, 2.05) is 4.90 Å². The molecule has 1 amide bonds. The maximum absolute atomic E-state index is 13.1. The van der Waals surface area contributed by atoms with Crippen molar-refractivity contribution < 1.29 is 19.0 Å². The van der Waals surface area contributed by atoms with Crippen LogP contribution in [0.15, 0.2) is 36.4 Å². The molecule has 2 heterocycles. The van der Waals surface area contributed by atoms with E-state index in [0.29, 0.717) is 37.6 Å². The lowest BCUT2D eigenvalue weighted by atomic mass is 9.73. The summed E-state index contributed by atoms with van der Waals surface area (Å²) < 4.78 is 17.3. The number of hydrogen-bond donors (Lipinski definition) is 0. The number of carbonyl (C=O) groups excluding carboxylic acids is 1. The molecule has 0 saturated heterocycles. The molecule has 0 aromatic heterocycles. The van der Waals surface area contributed by atoms with Gasteiger partial charge in [0, 0.05) is 18.5 Å². The lowest BCUT2D eigenvalue weighted by Crippen LogP contribution is -2.48. The summed E-state index contributed by atoms with van der Waals surface area (Å²) in [5, 5.41) is 9.23. The van der Waals surface area contributed by atoms with Crippen LogP contribution in [-0.4, -0.2) is 37.2 Å². The highest BCUT2D eigenvalue weighted by molar-refractivity contribution is 5.78. The largest absolute Gasteiger partial charge is 0.486 e. The molecule has 1 saturated carbocycles. The van der Waals surface area contributed by atoms with Gasteiger partial charge >= 0.3 is 0 Å². The van der Waals surface area contributed by atoms with Crippen LogP contribution >= 0.6 is 0 Å². The van der Waals surface area contributed by atoms with E-state index in [1.54, 1.807) is 24.3 Å². The Balaban J connectivity index is 1.40. The number of nitriles is 1. The average molecular weight is 404 g/mol. The maximum atomic E-state index is 13.1. The molecule has 2 aliphatic heterocycles. The van der Waals surface area contributed by atoms with Crippen LogP contribution < -0.4 is 14.2 Å². The van der Waals surface area contributed by atoms with Crippen LogP contribution in [0.2, 0.25) is 0 Å². The van der Waals surface area contributed by atoms with Gasteiger partial charge in [-0.1, -0.05) is 25.0 Å². The molecule has 3 aliphatic rings. The van der Waals surface area contributed by atoms with Crippen molar-refractivity contribution in [3.05, 3.63) is 53.1 Å². The third-order valence-corrected chi connectivity index (χ3v) is 6.47. The van der Waals surface area contributed by atoms with Gasteiger partial charge < -0.3 is 19.1 Å². The molecule has 2 aromatic rings. The number of nitrogens with zero attached hydrogens (tertiary/aromatic N) is 2. The Hall–Kier alpha value is -3.20. The number of amides is 1. The normalized spacial score (nSPS) is 18.6. The van der Waals surface area contributed by atoms with Gasteiger partial charge in [0.2, 0.25) is 0 Å². The minimum atomic E-state index is -0.0747. The zero-order valence-corrected chi connectivity index (χ0v) is 16.9. The lowest BCUT2D eigenvalue weighted by molar-refractivity contribution is -0.135. The molecule has 1 fully saturated rings. The monoisotopic (exact) mass is 404 g/mol. The van der Waals surface area contributed by atoms with Crippen LogP contribution in [0, 0.1) is 11.3 Å². The van der Waals surface area contributed by atoms with Gasteiger partial charge in [-0.3, -0.25) is 4.79 Å². The molecule has 154 valence electrons. The highest BCUT2D eigenvalue weighted by Crippen LogP contribution is 2.49. The van der Waals surface area contributed by atoms with Crippen molar-refractivity contribution in [2.75, 3.05) is 26.4 Å². The summed E-state index contributed by atoms with van der Waals surface area (Å²) in [7, 11) is 0. The summed E-state index contributed by atoms with van der Waals surface area (Å²) in [6.45, 7) is 2.28. The molecule has 0 N–H and O–H groups in total. The van der Waals surface area contributed by atoms with E-state index in [9.17, 15) is 10.1 Å². The Morgan fingerprint density at radius 2 is 1.87 bits per heavy atom. The van der Waals surface area contributed by atoms with E-state index in [1.165, 1.54) is 18.4 Å². The molecule has 6 heteroatoms. The zero-order chi connectivity index (χ0) is 20.6. The molecule has 1 aliphatic carbocycles. The molecule has 6 nitrogen and oxygen atoms in total. The first kappa shape index (κ1) is 18.8. The highest BCUT2D eigenvalue weighted by Gasteiger charge is 2.44. The van der Waals surface area contributed by atoms with Gasteiger partial charge in [-0.2, -0.15) is 5.26 Å². The van der Waals surface area contributed by atoms with E-state index in [2.05, 4.69) is 18.2 Å². The molecule has 0 radical (unpaired) electrons. The summed E-state index contributed by atoms with van der Waals surface area (Å²) in [4.78, 5) is 15.0. The van der Waals surface area contributed by atoms with Crippen LogP contribution in [0.4, 0.5) is 0 Å². The number of para-hydroxylation sites is 1. The Morgan fingerprint density at radius 1 is 1.13 bits per heavy atom. The number of benzene rings is 2. The van der Waals surface area contributed by atoms with Crippen LogP contribution in [0.1, 0.15) is 42.4 Å². The summed E-state index contributed by atoms with van der Waals surface area (Å²) in [6, 6.07) is 13.3. The van der Waals surface area contributed by atoms with Gasteiger partial charge in [-0.15, -0.1) is 0 Å². The van der Waals surface area contributed by atoms with Crippen molar-refractivity contribution in [3.8, 4) is 23.3 Å². The number of rotatable bonds is 3. The number of fused-ring (bicyclic) bond motifs is 3. The van der Waals surface area contributed by atoms with E-state index in [4.69, 9.17) is 14.2 Å². The quantitative estimate of drug-likeness (QED) is 0.782. The van der Waals surface area contributed by atoms with Gasteiger partial charge in [0.15, 0.2) is 18.1 Å². The third-order valence-electron chi connectivity index (χ3n) is 6.47. The molecular formula is C24H24N2O4. The Kier molecular flexibility index (Phi) is 4.74. The molecule has 0 bridgehead atoms. The summed E-state index contributed by atoms with van der Waals surface area (Å²) in [6.07, 6.45) is 4.48. The van der Waals surface area contributed by atoms with Gasteiger partial charge in [0.25, 0.3) is 5.91 Å². The van der Waals surface area contributed by atoms with Gasteiger partial charge in [0.1, 0.15) is 25.0 Å². The first-order valence-corrected chi connectivity index (χ1v) is 10.5. The molecule has 0 unspecified atom stereocenters. The predicted octanol–water partition coefficient (Wildman–Crippen LogP) is 3.56. The van der Waals surface area contributed by atoms with E-state index in [0.717, 1.165) is 29.9 Å². The minimum Gasteiger partial charge on any atom is -0.486 e. The third kappa shape index (κ3) is 3.24. The average Bonchev–Trinajstić information content (AvgIpc) is 3.25. The number of hydrogen-bond acceptors (Lipinski definition) is 5. The first-order chi connectivity index (χ1) is 14.7. The molecular weight excluding hydrogens is 380 g/mol. The Morgan fingerprint density at radius 3 is 2.63 bits per heavy atom. The van der Waals surface area contributed by atoms with Crippen LogP contribution in [0.3, 0.4) is 0 Å². The molecule has 1 spiro atoms. The Bertz CT molecular complexity index is 1020. The topological polar surface area (TPSA) is 71.8 Å². The predicted molar refractivity (Wildman–Crippen MR) is 110 cm³/mol. The second-order valence-corrected chi connectivity index (χ2v) is 8.29. The fraction of sp³-hybridized carbons (Fsp3) is 0.417. The molecule has 5 rings (SSSR count). The number of carbonyl (C=O) groups is 1. The second kappa shape index (κ2) is 7.56. The van der Waals surface area contributed by atoms with Crippen molar-refractivity contribution in [1.29, 1.82) is 5.26 Å². The number of ether oxygens (including phenoxy) is 3. The lowest BCUT2D eigenvalue weighted by Gasteiger charge is -2.42. The SMILES string of the molecule is N#Cc1ccccc1OCC(=O)N1Cc2cc3c(cc2C2(CCCC2)C1)OCCO3. The van der Waals surface area contributed by atoms with Crippen LogP contribution in [-0.2, 0) is 16.8 Å². The van der Waals surface area contributed by atoms with Crippen molar-refractivity contribution in [3.63, 3.8) is 0 Å². The minimum absolute atomic E-state index is 0.0242. The van der Waals surface area contributed by atoms with Crippen LogP contribution in [0.25, 0.3) is 0 Å². The van der Waals surface area contributed by atoms with Crippen LogP contribution in [0.5, 0.6) is 17.2 Å². The van der Waals surface area contributed by atoms with E-state index in [-0.39, 0.29) is 17.9 Å². The first-order valence-electron chi connectivity index (χ1n) is 10.5. The van der Waals surface area contributed by atoms with E-state index < -0.39 is 0 Å². The summed E-state index contributed by atoms with van der Waals surface area (Å²) >= 11 is 0. The van der Waals surface area contributed by atoms with Gasteiger partial charge in [-0.25, -0.2) is 0 Å². The second-order valence-electron chi connectivity index (χ2n) is 8.29. The van der Waals surface area contributed by atoms with Crippen molar-refractivity contribution in [1.82, 2.24) is 4.90 Å². The fourth-order valence-electron chi connectivity index (χ4n) is 5.04. The highest BCUT2D eigenvalue weighted by atomic mass is 16.6. The molecule has 30 heavy (non-hydrogen) atoms. The standard InChI is InChI=1S/C24H24N2O4/c25-13-17-5-1-2-6-20(17)30-15-23(27)26-14-18-11-21-22(29-10-9-28-21)12-19(18)24(16-26)7-3-4-8-24/h1-2,5-6,11-12H,3-4,7-10,14-16H2. The molecule has 2 aromatic carbocycles. The molecule has 0 atom stereocenters.